The molecule has 0 saturated carbocycles. The molecular formula is C17H27F3N2OSi. The Kier molecular flexibility index (Phi) is 5.67. The highest BCUT2D eigenvalue weighted by atomic mass is 28.4. The number of hydrogen-bond donors (Lipinski definition) is 1. The highest BCUT2D eigenvalue weighted by Gasteiger charge is 2.38. The van der Waals surface area contributed by atoms with Crippen molar-refractivity contribution in [2.45, 2.75) is 44.9 Å². The Morgan fingerprint density at radius 3 is 2.33 bits per heavy atom. The molecule has 1 heterocycles. The van der Waals surface area contributed by atoms with Gasteiger partial charge in [-0.05, 0) is 18.1 Å². The Labute approximate surface area is 143 Å². The molecular weight excluding hydrogens is 333 g/mol. The summed E-state index contributed by atoms with van der Waals surface area (Å²) in [4.78, 5) is 1.90. The molecule has 1 aromatic carbocycles. The van der Waals surface area contributed by atoms with Crippen LogP contribution in [-0.2, 0) is 4.43 Å². The fourth-order valence-electron chi connectivity index (χ4n) is 2.48. The first-order chi connectivity index (χ1) is 11.0. The fraction of sp³-hybridized carbons (Fsp3) is 0.647. The van der Waals surface area contributed by atoms with Crippen LogP contribution in [0.4, 0.5) is 18.9 Å². The number of rotatable bonds is 4. The van der Waals surface area contributed by atoms with Gasteiger partial charge in [-0.15, -0.1) is 0 Å². The largest absolute Gasteiger partial charge is 0.415 e. The molecule has 136 valence electrons. The van der Waals surface area contributed by atoms with Crippen LogP contribution in [0.1, 0.15) is 20.8 Å². The summed E-state index contributed by atoms with van der Waals surface area (Å²) >= 11 is 0. The third-order valence-electron chi connectivity index (χ3n) is 5.09. The number of piperazine rings is 1. The fourth-order valence-corrected chi connectivity index (χ4v) is 3.52. The summed E-state index contributed by atoms with van der Waals surface area (Å²) in [6, 6.07) is 2.07. The smallest absolute Gasteiger partial charge is 0.194 e. The lowest BCUT2D eigenvalue weighted by Gasteiger charge is -2.42. The Hall–Kier alpha value is -1.05. The van der Waals surface area contributed by atoms with E-state index >= 15 is 0 Å². The second kappa shape index (κ2) is 7.05. The van der Waals surface area contributed by atoms with Crippen LogP contribution in [-0.4, -0.2) is 40.6 Å². The maximum atomic E-state index is 13.6. The molecule has 0 bridgehead atoms. The van der Waals surface area contributed by atoms with E-state index < -0.39 is 25.8 Å². The van der Waals surface area contributed by atoms with Gasteiger partial charge in [-0.1, -0.05) is 20.8 Å². The third kappa shape index (κ3) is 4.13. The van der Waals surface area contributed by atoms with Gasteiger partial charge < -0.3 is 14.6 Å². The summed E-state index contributed by atoms with van der Waals surface area (Å²) in [5.41, 5.74) is 0.358. The Morgan fingerprint density at radius 2 is 1.79 bits per heavy atom. The molecule has 2 rings (SSSR count). The second-order valence-electron chi connectivity index (χ2n) is 7.85. The summed E-state index contributed by atoms with van der Waals surface area (Å²) in [5, 5.41) is 3.37. The normalized spacial score (nSPS) is 19.7. The van der Waals surface area contributed by atoms with Gasteiger partial charge in [-0.2, -0.15) is 0 Å². The number of halogens is 3. The van der Waals surface area contributed by atoms with Crippen molar-refractivity contribution in [2.75, 3.05) is 31.1 Å². The Bertz CT molecular complexity index is 567. The second-order valence-corrected chi connectivity index (χ2v) is 12.7. The summed E-state index contributed by atoms with van der Waals surface area (Å²) in [7, 11) is -1.91. The SMILES string of the molecule is CC(C)(C)[Si](C)(C)OCC1CNCCN1c1cc(F)c(F)c(F)c1. The zero-order valence-corrected chi connectivity index (χ0v) is 16.0. The van der Waals surface area contributed by atoms with Crippen molar-refractivity contribution < 1.29 is 17.6 Å². The summed E-state index contributed by atoms with van der Waals surface area (Å²) in [5.74, 6) is -3.75. The van der Waals surface area contributed by atoms with Gasteiger partial charge >= 0.3 is 0 Å². The molecule has 1 unspecified atom stereocenters. The van der Waals surface area contributed by atoms with Crippen LogP contribution >= 0.6 is 0 Å². The molecule has 1 atom stereocenters. The van der Waals surface area contributed by atoms with Crippen molar-refractivity contribution in [2.24, 2.45) is 0 Å². The number of anilines is 1. The lowest BCUT2D eigenvalue weighted by Crippen LogP contribution is -2.55. The van der Waals surface area contributed by atoms with Crippen molar-refractivity contribution in [1.29, 1.82) is 0 Å². The molecule has 1 aromatic rings. The van der Waals surface area contributed by atoms with Crippen LogP contribution in [0.3, 0.4) is 0 Å². The van der Waals surface area contributed by atoms with Gasteiger partial charge in [0, 0.05) is 37.5 Å². The van der Waals surface area contributed by atoms with E-state index in [0.29, 0.717) is 31.9 Å². The molecule has 24 heavy (non-hydrogen) atoms. The lowest BCUT2D eigenvalue weighted by molar-refractivity contribution is 0.245. The van der Waals surface area contributed by atoms with E-state index in [1.54, 1.807) is 0 Å². The number of benzene rings is 1. The minimum atomic E-state index is -1.91. The molecule has 1 fully saturated rings. The highest BCUT2D eigenvalue weighted by Crippen LogP contribution is 2.37. The molecule has 0 amide bonds. The van der Waals surface area contributed by atoms with Gasteiger partial charge in [0.25, 0.3) is 0 Å². The Morgan fingerprint density at radius 1 is 1.21 bits per heavy atom. The zero-order valence-electron chi connectivity index (χ0n) is 15.0. The molecule has 1 N–H and O–H groups in total. The average molecular weight is 360 g/mol. The van der Waals surface area contributed by atoms with Crippen LogP contribution in [0.25, 0.3) is 0 Å². The molecule has 7 heteroatoms. The minimum Gasteiger partial charge on any atom is -0.415 e. The number of hydrogen-bond acceptors (Lipinski definition) is 3. The van der Waals surface area contributed by atoms with E-state index in [4.69, 9.17) is 4.43 Å². The van der Waals surface area contributed by atoms with E-state index in [1.165, 1.54) is 0 Å². The number of nitrogens with one attached hydrogen (secondary N) is 1. The highest BCUT2D eigenvalue weighted by molar-refractivity contribution is 6.74. The molecule has 1 saturated heterocycles. The molecule has 3 nitrogen and oxygen atoms in total. The topological polar surface area (TPSA) is 24.5 Å². The lowest BCUT2D eigenvalue weighted by atomic mass is 10.1. The van der Waals surface area contributed by atoms with Gasteiger partial charge in [-0.3, -0.25) is 0 Å². The van der Waals surface area contributed by atoms with E-state index in [-0.39, 0.29) is 11.1 Å². The predicted molar refractivity (Wildman–Crippen MR) is 93.5 cm³/mol. The summed E-state index contributed by atoms with van der Waals surface area (Å²) in [6.45, 7) is 13.3. The van der Waals surface area contributed by atoms with Gasteiger partial charge in [0.1, 0.15) is 0 Å². The molecule has 0 radical (unpaired) electrons. The monoisotopic (exact) mass is 360 g/mol. The molecule has 1 aliphatic rings. The maximum absolute atomic E-state index is 13.6. The van der Waals surface area contributed by atoms with Crippen LogP contribution in [0.5, 0.6) is 0 Å². The Balaban J connectivity index is 2.17. The van der Waals surface area contributed by atoms with Crippen LogP contribution in [0.2, 0.25) is 18.1 Å². The third-order valence-corrected chi connectivity index (χ3v) is 9.59. The van der Waals surface area contributed by atoms with Gasteiger partial charge in [0.2, 0.25) is 0 Å². The average Bonchev–Trinajstić information content (AvgIpc) is 2.49. The molecule has 1 aliphatic heterocycles. The summed E-state index contributed by atoms with van der Waals surface area (Å²) in [6.07, 6.45) is 0. The van der Waals surface area contributed by atoms with E-state index in [2.05, 4.69) is 39.2 Å². The van der Waals surface area contributed by atoms with Crippen LogP contribution in [0, 0.1) is 17.5 Å². The first kappa shape index (κ1) is 19.3. The van der Waals surface area contributed by atoms with E-state index in [9.17, 15) is 13.2 Å². The zero-order chi connectivity index (χ0) is 18.1. The summed E-state index contributed by atoms with van der Waals surface area (Å²) < 4.78 is 46.6. The number of nitrogens with zero attached hydrogens (tertiary/aromatic N) is 1. The maximum Gasteiger partial charge on any atom is 0.194 e. The molecule has 0 aliphatic carbocycles. The van der Waals surface area contributed by atoms with Crippen molar-refractivity contribution in [3.8, 4) is 0 Å². The predicted octanol–water partition coefficient (Wildman–Crippen LogP) is 3.90. The molecule has 0 aromatic heterocycles. The minimum absolute atomic E-state index is 0.0443. The first-order valence-electron chi connectivity index (χ1n) is 8.29. The van der Waals surface area contributed by atoms with Crippen molar-refractivity contribution in [3.63, 3.8) is 0 Å². The first-order valence-corrected chi connectivity index (χ1v) is 11.2. The van der Waals surface area contributed by atoms with Gasteiger partial charge in [0.15, 0.2) is 25.8 Å². The van der Waals surface area contributed by atoms with Crippen molar-refractivity contribution in [3.05, 3.63) is 29.6 Å². The van der Waals surface area contributed by atoms with E-state index in [0.717, 1.165) is 12.1 Å². The van der Waals surface area contributed by atoms with Crippen LogP contribution < -0.4 is 10.2 Å². The van der Waals surface area contributed by atoms with Gasteiger partial charge in [-0.25, -0.2) is 13.2 Å². The van der Waals surface area contributed by atoms with Crippen molar-refractivity contribution in [1.82, 2.24) is 5.32 Å². The quantitative estimate of drug-likeness (QED) is 0.651. The van der Waals surface area contributed by atoms with Crippen molar-refractivity contribution >= 4 is 14.0 Å². The van der Waals surface area contributed by atoms with E-state index in [1.807, 2.05) is 4.90 Å². The van der Waals surface area contributed by atoms with Gasteiger partial charge in [0.05, 0.1) is 12.6 Å². The van der Waals surface area contributed by atoms with Crippen LogP contribution in [0.15, 0.2) is 12.1 Å². The molecule has 0 spiro atoms. The standard InChI is InChI=1S/C17H27F3N2OSi/c1-17(2,3)24(4,5)23-11-13-10-21-6-7-22(13)12-8-14(18)16(20)15(19)9-12/h8-9,13,21H,6-7,10-11H2,1-5H3.